The highest BCUT2D eigenvalue weighted by atomic mass is 16.5. The Labute approximate surface area is 82.7 Å². The molecule has 0 aliphatic heterocycles. The summed E-state index contributed by atoms with van der Waals surface area (Å²) >= 11 is 0. The van der Waals surface area contributed by atoms with Crippen LogP contribution in [0.1, 0.15) is 12.5 Å². The Morgan fingerprint density at radius 3 is 3.21 bits per heavy atom. The van der Waals surface area contributed by atoms with Gasteiger partial charge in [0.1, 0.15) is 6.07 Å². The van der Waals surface area contributed by atoms with Gasteiger partial charge in [0, 0.05) is 13.2 Å². The van der Waals surface area contributed by atoms with Crippen molar-refractivity contribution in [3.8, 4) is 6.07 Å². The van der Waals surface area contributed by atoms with Crippen LogP contribution >= 0.6 is 0 Å². The summed E-state index contributed by atoms with van der Waals surface area (Å²) in [6, 6.07) is 3.65. The van der Waals surface area contributed by atoms with Crippen LogP contribution in [0, 0.1) is 11.3 Å². The monoisotopic (exact) mass is 192 g/mol. The molecule has 1 N–H and O–H groups in total. The second kappa shape index (κ2) is 5.89. The molecule has 74 valence electrons. The molecule has 5 nitrogen and oxygen atoms in total. The summed E-state index contributed by atoms with van der Waals surface area (Å²) in [7, 11) is 0. The Morgan fingerprint density at radius 2 is 2.50 bits per heavy atom. The molecule has 0 saturated heterocycles. The zero-order valence-electron chi connectivity index (χ0n) is 8.03. The van der Waals surface area contributed by atoms with E-state index in [4.69, 9.17) is 10.00 Å². The standard InChI is InChI=1S/C9H12N4O/c1-2-14-6-5-11-9-8(7-10)3-4-12-13-9/h3-4H,2,5-6H2,1H3,(H,11,13). The largest absolute Gasteiger partial charge is 0.380 e. The maximum atomic E-state index is 8.73. The lowest BCUT2D eigenvalue weighted by Gasteiger charge is -2.05. The SMILES string of the molecule is CCOCCNc1nnccc1C#N. The van der Waals surface area contributed by atoms with Crippen LogP contribution in [0.5, 0.6) is 0 Å². The van der Waals surface area contributed by atoms with Crippen LogP contribution in [-0.4, -0.2) is 30.0 Å². The molecule has 0 aliphatic rings. The number of hydrogen-bond donors (Lipinski definition) is 1. The second-order valence-electron chi connectivity index (χ2n) is 2.53. The van der Waals surface area contributed by atoms with Gasteiger partial charge in [0.05, 0.1) is 18.4 Å². The number of nitrogens with one attached hydrogen (secondary N) is 1. The van der Waals surface area contributed by atoms with Gasteiger partial charge in [-0.1, -0.05) is 0 Å². The van der Waals surface area contributed by atoms with Crippen molar-refractivity contribution < 1.29 is 4.74 Å². The Bertz CT molecular complexity index is 321. The third-order valence-corrected chi connectivity index (χ3v) is 1.58. The van der Waals surface area contributed by atoms with Crippen LogP contribution in [0.25, 0.3) is 0 Å². The number of aromatic nitrogens is 2. The zero-order chi connectivity index (χ0) is 10.2. The van der Waals surface area contributed by atoms with E-state index >= 15 is 0 Å². The van der Waals surface area contributed by atoms with E-state index in [1.807, 2.05) is 13.0 Å². The molecular formula is C9H12N4O. The van der Waals surface area contributed by atoms with E-state index in [1.54, 1.807) is 6.07 Å². The molecule has 0 spiro atoms. The van der Waals surface area contributed by atoms with Crippen LogP contribution < -0.4 is 5.32 Å². The maximum absolute atomic E-state index is 8.73. The highest BCUT2D eigenvalue weighted by Gasteiger charge is 2.01. The molecule has 0 unspecified atom stereocenters. The number of nitrogens with zero attached hydrogens (tertiary/aromatic N) is 3. The zero-order valence-corrected chi connectivity index (χ0v) is 8.03. The maximum Gasteiger partial charge on any atom is 0.166 e. The van der Waals surface area contributed by atoms with Gasteiger partial charge < -0.3 is 10.1 Å². The predicted octanol–water partition coefficient (Wildman–Crippen LogP) is 0.797. The van der Waals surface area contributed by atoms with Crippen molar-refractivity contribution in [3.63, 3.8) is 0 Å². The molecule has 1 aromatic heterocycles. The molecule has 0 fully saturated rings. The van der Waals surface area contributed by atoms with Gasteiger partial charge in [-0.25, -0.2) is 0 Å². The molecule has 0 saturated carbocycles. The Balaban J connectivity index is 2.46. The molecule has 0 aliphatic carbocycles. The van der Waals surface area contributed by atoms with E-state index in [0.717, 1.165) is 0 Å². The van der Waals surface area contributed by atoms with Crippen LogP contribution in [0.2, 0.25) is 0 Å². The first-order valence-electron chi connectivity index (χ1n) is 4.42. The summed E-state index contributed by atoms with van der Waals surface area (Å²) in [5, 5.41) is 19.2. The predicted molar refractivity (Wildman–Crippen MR) is 51.7 cm³/mol. The lowest BCUT2D eigenvalue weighted by atomic mass is 10.3. The summed E-state index contributed by atoms with van der Waals surface area (Å²) in [6.45, 7) is 3.84. The molecular weight excluding hydrogens is 180 g/mol. The number of rotatable bonds is 5. The first-order valence-corrected chi connectivity index (χ1v) is 4.42. The van der Waals surface area contributed by atoms with E-state index in [-0.39, 0.29) is 0 Å². The van der Waals surface area contributed by atoms with Crippen molar-refractivity contribution in [1.29, 1.82) is 5.26 Å². The first kappa shape index (κ1) is 10.4. The topological polar surface area (TPSA) is 70.8 Å². The first-order chi connectivity index (χ1) is 6.88. The number of nitriles is 1. The minimum Gasteiger partial charge on any atom is -0.380 e. The normalized spacial score (nSPS) is 9.43. The third-order valence-electron chi connectivity index (χ3n) is 1.58. The summed E-state index contributed by atoms with van der Waals surface area (Å²) in [6.07, 6.45) is 1.49. The lowest BCUT2D eigenvalue weighted by Crippen LogP contribution is -2.11. The average Bonchev–Trinajstić information content (AvgIpc) is 2.25. The second-order valence-corrected chi connectivity index (χ2v) is 2.53. The molecule has 14 heavy (non-hydrogen) atoms. The Hall–Kier alpha value is -1.67. The van der Waals surface area contributed by atoms with Crippen molar-refractivity contribution in [2.24, 2.45) is 0 Å². The fourth-order valence-corrected chi connectivity index (χ4v) is 0.938. The van der Waals surface area contributed by atoms with E-state index in [0.29, 0.717) is 31.1 Å². The van der Waals surface area contributed by atoms with Gasteiger partial charge in [-0.05, 0) is 13.0 Å². The molecule has 0 amide bonds. The van der Waals surface area contributed by atoms with Crippen molar-refractivity contribution in [2.45, 2.75) is 6.92 Å². The van der Waals surface area contributed by atoms with Crippen molar-refractivity contribution >= 4 is 5.82 Å². The fraction of sp³-hybridized carbons (Fsp3) is 0.444. The fourth-order valence-electron chi connectivity index (χ4n) is 0.938. The van der Waals surface area contributed by atoms with Crippen LogP contribution in [0.4, 0.5) is 5.82 Å². The molecule has 0 radical (unpaired) electrons. The molecule has 1 rings (SSSR count). The van der Waals surface area contributed by atoms with Gasteiger partial charge in [0.2, 0.25) is 0 Å². The lowest BCUT2D eigenvalue weighted by molar-refractivity contribution is 0.158. The van der Waals surface area contributed by atoms with Crippen molar-refractivity contribution in [1.82, 2.24) is 10.2 Å². The van der Waals surface area contributed by atoms with Crippen molar-refractivity contribution in [2.75, 3.05) is 25.1 Å². The van der Waals surface area contributed by atoms with Gasteiger partial charge in [0.15, 0.2) is 5.82 Å². The summed E-state index contributed by atoms with van der Waals surface area (Å²) in [4.78, 5) is 0. The molecule has 0 bridgehead atoms. The quantitative estimate of drug-likeness (QED) is 0.698. The van der Waals surface area contributed by atoms with Gasteiger partial charge in [-0.2, -0.15) is 10.4 Å². The molecule has 5 heteroatoms. The third kappa shape index (κ3) is 2.99. The smallest absolute Gasteiger partial charge is 0.166 e. The van der Waals surface area contributed by atoms with E-state index in [1.165, 1.54) is 6.20 Å². The van der Waals surface area contributed by atoms with E-state index in [9.17, 15) is 0 Å². The molecule has 0 aromatic carbocycles. The number of anilines is 1. The summed E-state index contributed by atoms with van der Waals surface area (Å²) in [5.74, 6) is 0.509. The highest BCUT2D eigenvalue weighted by Crippen LogP contribution is 2.06. The van der Waals surface area contributed by atoms with Gasteiger partial charge >= 0.3 is 0 Å². The summed E-state index contributed by atoms with van der Waals surface area (Å²) < 4.78 is 5.14. The van der Waals surface area contributed by atoms with Crippen LogP contribution in [0.15, 0.2) is 12.3 Å². The van der Waals surface area contributed by atoms with E-state index < -0.39 is 0 Å². The summed E-state index contributed by atoms with van der Waals surface area (Å²) in [5.41, 5.74) is 0.497. The Morgan fingerprint density at radius 1 is 1.64 bits per heavy atom. The van der Waals surface area contributed by atoms with Crippen LogP contribution in [-0.2, 0) is 4.74 Å². The van der Waals surface area contributed by atoms with E-state index in [2.05, 4.69) is 15.5 Å². The molecule has 1 aromatic rings. The van der Waals surface area contributed by atoms with Crippen molar-refractivity contribution in [3.05, 3.63) is 17.8 Å². The highest BCUT2D eigenvalue weighted by molar-refractivity contribution is 5.49. The number of ether oxygens (including phenoxy) is 1. The minimum atomic E-state index is 0.497. The average molecular weight is 192 g/mol. The van der Waals surface area contributed by atoms with Gasteiger partial charge in [-0.15, -0.1) is 5.10 Å². The Kier molecular flexibility index (Phi) is 4.38. The van der Waals surface area contributed by atoms with Gasteiger partial charge in [-0.3, -0.25) is 0 Å². The van der Waals surface area contributed by atoms with Gasteiger partial charge in [0.25, 0.3) is 0 Å². The van der Waals surface area contributed by atoms with Crippen LogP contribution in [0.3, 0.4) is 0 Å². The molecule has 1 heterocycles. The minimum absolute atomic E-state index is 0.497. The number of hydrogen-bond acceptors (Lipinski definition) is 5. The molecule has 0 atom stereocenters.